The molecule has 0 aliphatic heterocycles. The van der Waals surface area contributed by atoms with Gasteiger partial charge in [0.2, 0.25) is 0 Å². The summed E-state index contributed by atoms with van der Waals surface area (Å²) in [5.74, 6) is 0. The van der Waals surface area contributed by atoms with Gasteiger partial charge in [0, 0.05) is 7.11 Å². The highest BCUT2D eigenvalue weighted by Gasteiger charge is 2.40. The fourth-order valence-electron chi connectivity index (χ4n) is 1.01. The molecular formula is C8H16F3NO2. The van der Waals surface area contributed by atoms with Crippen LogP contribution in [-0.4, -0.2) is 38.6 Å². The monoisotopic (exact) mass is 215 g/mol. The first-order chi connectivity index (χ1) is 6.41. The van der Waals surface area contributed by atoms with Crippen molar-refractivity contribution in [2.45, 2.75) is 31.7 Å². The Balaban J connectivity index is 4.09. The van der Waals surface area contributed by atoms with Crippen LogP contribution in [0.15, 0.2) is 0 Å². The smallest absolute Gasteiger partial charge is 0.382 e. The Kier molecular flexibility index (Phi) is 6.06. The molecule has 0 aliphatic rings. The molecule has 0 rings (SSSR count). The summed E-state index contributed by atoms with van der Waals surface area (Å²) in [6.07, 6.45) is -6.96. The molecule has 0 aromatic rings. The molecule has 0 spiro atoms. The lowest BCUT2D eigenvalue weighted by atomic mass is 10.2. The molecule has 0 amide bonds. The Morgan fingerprint density at radius 2 is 1.93 bits per heavy atom. The van der Waals surface area contributed by atoms with Crippen molar-refractivity contribution >= 4 is 0 Å². The standard InChI is InChI=1S/C8H16F3NO2/c1-6(5-13-2)14-7(3-4-12)8(9,10)11/h6-7H,3-5,12H2,1-2H3. The van der Waals surface area contributed by atoms with Gasteiger partial charge in [-0.15, -0.1) is 0 Å². The minimum absolute atomic E-state index is 0.0517. The average Bonchev–Trinajstić information content (AvgIpc) is 2.02. The molecule has 0 radical (unpaired) electrons. The predicted molar refractivity (Wildman–Crippen MR) is 45.9 cm³/mol. The van der Waals surface area contributed by atoms with Gasteiger partial charge in [-0.2, -0.15) is 13.2 Å². The van der Waals surface area contributed by atoms with Crippen molar-refractivity contribution in [3.8, 4) is 0 Å². The number of methoxy groups -OCH3 is 1. The van der Waals surface area contributed by atoms with E-state index < -0.39 is 18.4 Å². The molecular weight excluding hydrogens is 199 g/mol. The molecule has 2 unspecified atom stereocenters. The summed E-state index contributed by atoms with van der Waals surface area (Å²) in [4.78, 5) is 0. The van der Waals surface area contributed by atoms with E-state index in [0.717, 1.165) is 0 Å². The number of halogens is 3. The summed E-state index contributed by atoms with van der Waals surface area (Å²) in [6.45, 7) is 1.61. The van der Waals surface area contributed by atoms with Crippen molar-refractivity contribution < 1.29 is 22.6 Å². The first-order valence-electron chi connectivity index (χ1n) is 4.33. The number of ether oxygens (including phenoxy) is 2. The zero-order chi connectivity index (χ0) is 11.2. The minimum atomic E-state index is -4.36. The molecule has 0 aromatic heterocycles. The number of hydrogen-bond donors (Lipinski definition) is 1. The summed E-state index contributed by atoms with van der Waals surface area (Å²) < 4.78 is 46.3. The maximum atomic E-state index is 12.3. The molecule has 2 atom stereocenters. The van der Waals surface area contributed by atoms with E-state index in [1.807, 2.05) is 0 Å². The molecule has 0 saturated carbocycles. The van der Waals surface area contributed by atoms with Crippen LogP contribution in [0.5, 0.6) is 0 Å². The van der Waals surface area contributed by atoms with E-state index >= 15 is 0 Å². The number of alkyl halides is 3. The van der Waals surface area contributed by atoms with Crippen LogP contribution < -0.4 is 5.73 Å². The highest BCUT2D eigenvalue weighted by Crippen LogP contribution is 2.25. The van der Waals surface area contributed by atoms with Crippen LogP contribution in [0.25, 0.3) is 0 Å². The lowest BCUT2D eigenvalue weighted by Crippen LogP contribution is -2.37. The van der Waals surface area contributed by atoms with Gasteiger partial charge < -0.3 is 15.2 Å². The summed E-state index contributed by atoms with van der Waals surface area (Å²) in [7, 11) is 1.41. The molecule has 2 N–H and O–H groups in total. The summed E-state index contributed by atoms with van der Waals surface area (Å²) in [5, 5.41) is 0. The third kappa shape index (κ3) is 5.41. The quantitative estimate of drug-likeness (QED) is 0.726. The van der Waals surface area contributed by atoms with E-state index in [2.05, 4.69) is 4.74 Å². The van der Waals surface area contributed by atoms with Crippen LogP contribution in [0.1, 0.15) is 13.3 Å². The van der Waals surface area contributed by atoms with Crippen LogP contribution in [0.2, 0.25) is 0 Å². The Morgan fingerprint density at radius 1 is 1.36 bits per heavy atom. The van der Waals surface area contributed by atoms with Crippen LogP contribution in [0, 0.1) is 0 Å². The fraction of sp³-hybridized carbons (Fsp3) is 1.00. The van der Waals surface area contributed by atoms with Gasteiger partial charge in [-0.1, -0.05) is 0 Å². The van der Waals surface area contributed by atoms with Crippen molar-refractivity contribution in [1.82, 2.24) is 0 Å². The van der Waals surface area contributed by atoms with Crippen LogP contribution >= 0.6 is 0 Å². The first kappa shape index (κ1) is 13.7. The lowest BCUT2D eigenvalue weighted by molar-refractivity contribution is -0.235. The molecule has 86 valence electrons. The van der Waals surface area contributed by atoms with E-state index in [0.29, 0.717) is 0 Å². The Morgan fingerprint density at radius 3 is 2.29 bits per heavy atom. The fourth-order valence-corrected chi connectivity index (χ4v) is 1.01. The molecule has 0 aromatic carbocycles. The second-order valence-electron chi connectivity index (χ2n) is 3.01. The Bertz CT molecular complexity index is 152. The highest BCUT2D eigenvalue weighted by molar-refractivity contribution is 4.69. The molecule has 0 bridgehead atoms. The summed E-state index contributed by atoms with van der Waals surface area (Å²) >= 11 is 0. The van der Waals surface area contributed by atoms with Crippen molar-refractivity contribution in [2.24, 2.45) is 5.73 Å². The third-order valence-electron chi connectivity index (χ3n) is 1.59. The molecule has 0 fully saturated rings. The second kappa shape index (κ2) is 6.21. The second-order valence-corrected chi connectivity index (χ2v) is 3.01. The number of hydrogen-bond acceptors (Lipinski definition) is 3. The first-order valence-corrected chi connectivity index (χ1v) is 4.33. The van der Waals surface area contributed by atoms with Crippen molar-refractivity contribution in [3.05, 3.63) is 0 Å². The summed E-state index contributed by atoms with van der Waals surface area (Å²) in [5.41, 5.74) is 5.06. The maximum Gasteiger partial charge on any atom is 0.414 e. The van der Waals surface area contributed by atoms with Gasteiger partial charge in [-0.3, -0.25) is 0 Å². The average molecular weight is 215 g/mol. The van der Waals surface area contributed by atoms with E-state index in [9.17, 15) is 13.2 Å². The Labute approximate surface area is 81.4 Å². The highest BCUT2D eigenvalue weighted by atomic mass is 19.4. The van der Waals surface area contributed by atoms with E-state index in [-0.39, 0.29) is 19.6 Å². The van der Waals surface area contributed by atoms with Crippen molar-refractivity contribution in [3.63, 3.8) is 0 Å². The van der Waals surface area contributed by atoms with E-state index in [1.54, 1.807) is 0 Å². The Hall–Kier alpha value is -0.330. The maximum absolute atomic E-state index is 12.3. The van der Waals surface area contributed by atoms with Crippen LogP contribution in [-0.2, 0) is 9.47 Å². The van der Waals surface area contributed by atoms with Gasteiger partial charge in [-0.05, 0) is 19.9 Å². The van der Waals surface area contributed by atoms with Gasteiger partial charge in [0.15, 0.2) is 6.10 Å². The molecule has 0 aliphatic carbocycles. The predicted octanol–water partition coefficient (Wildman–Crippen LogP) is 1.32. The van der Waals surface area contributed by atoms with Gasteiger partial charge in [0.1, 0.15) is 0 Å². The number of nitrogens with two attached hydrogens (primary N) is 1. The van der Waals surface area contributed by atoms with Crippen molar-refractivity contribution in [2.75, 3.05) is 20.3 Å². The SMILES string of the molecule is COCC(C)OC(CCN)C(F)(F)F. The lowest BCUT2D eigenvalue weighted by Gasteiger charge is -2.23. The largest absolute Gasteiger partial charge is 0.414 e. The van der Waals surface area contributed by atoms with E-state index in [4.69, 9.17) is 10.5 Å². The topological polar surface area (TPSA) is 44.5 Å². The molecule has 0 heterocycles. The van der Waals surface area contributed by atoms with Gasteiger partial charge in [0.05, 0.1) is 12.7 Å². The molecule has 14 heavy (non-hydrogen) atoms. The normalized spacial score (nSPS) is 16.7. The summed E-state index contributed by atoms with van der Waals surface area (Å²) in [6, 6.07) is 0. The van der Waals surface area contributed by atoms with E-state index in [1.165, 1.54) is 14.0 Å². The van der Waals surface area contributed by atoms with Gasteiger partial charge in [-0.25, -0.2) is 0 Å². The van der Waals surface area contributed by atoms with Crippen molar-refractivity contribution in [1.29, 1.82) is 0 Å². The molecule has 6 heteroatoms. The van der Waals surface area contributed by atoms with Crippen LogP contribution in [0.4, 0.5) is 13.2 Å². The zero-order valence-corrected chi connectivity index (χ0v) is 8.30. The number of rotatable bonds is 6. The third-order valence-corrected chi connectivity index (χ3v) is 1.59. The van der Waals surface area contributed by atoms with Crippen LogP contribution in [0.3, 0.4) is 0 Å². The van der Waals surface area contributed by atoms with Gasteiger partial charge in [0.25, 0.3) is 0 Å². The minimum Gasteiger partial charge on any atom is -0.382 e. The molecule has 0 saturated heterocycles. The molecule has 3 nitrogen and oxygen atoms in total. The van der Waals surface area contributed by atoms with Gasteiger partial charge >= 0.3 is 6.18 Å². The zero-order valence-electron chi connectivity index (χ0n) is 8.30.